The maximum Gasteiger partial charge on any atom is 0.295 e. The van der Waals surface area contributed by atoms with Crippen LogP contribution < -0.4 is 9.47 Å². The molecule has 3 heterocycles. The summed E-state index contributed by atoms with van der Waals surface area (Å²) in [5, 5.41) is 0.801. The second-order valence-corrected chi connectivity index (χ2v) is 8.05. The third kappa shape index (κ3) is 3.77. The molecule has 1 aromatic heterocycles. The van der Waals surface area contributed by atoms with Crippen LogP contribution in [0.1, 0.15) is 21.6 Å². The zero-order valence-corrected chi connectivity index (χ0v) is 17.5. The lowest BCUT2D eigenvalue weighted by Crippen LogP contribution is -2.50. The fraction of sp³-hybridized carbons (Fsp3) is 0.333. The van der Waals surface area contributed by atoms with E-state index in [9.17, 15) is 9.59 Å². The summed E-state index contributed by atoms with van der Waals surface area (Å²) in [7, 11) is 0. The molecular weight excluding hydrogens is 394 g/mol. The summed E-state index contributed by atoms with van der Waals surface area (Å²) in [5.41, 5.74) is 3.24. The van der Waals surface area contributed by atoms with E-state index in [1.54, 1.807) is 4.90 Å². The molecule has 0 atom stereocenters. The Labute approximate surface area is 180 Å². The summed E-state index contributed by atoms with van der Waals surface area (Å²) in [4.78, 5) is 33.1. The minimum Gasteiger partial charge on any atom is -0.486 e. The van der Waals surface area contributed by atoms with Gasteiger partial charge in [-0.1, -0.05) is 24.3 Å². The molecule has 0 spiro atoms. The van der Waals surface area contributed by atoms with Crippen molar-refractivity contribution in [2.75, 3.05) is 39.4 Å². The summed E-state index contributed by atoms with van der Waals surface area (Å²) in [5.74, 6) is 0.718. The average molecular weight is 419 g/mol. The summed E-state index contributed by atoms with van der Waals surface area (Å²) in [6.07, 6.45) is 0. The number of aromatic nitrogens is 1. The molecule has 1 saturated heterocycles. The summed E-state index contributed by atoms with van der Waals surface area (Å²) in [6.45, 7) is 6.29. The van der Waals surface area contributed by atoms with Gasteiger partial charge in [0, 0.05) is 49.3 Å². The fourth-order valence-corrected chi connectivity index (χ4v) is 4.37. The number of amides is 1. The lowest BCUT2D eigenvalue weighted by molar-refractivity contribution is -0.128. The number of benzene rings is 2. The second-order valence-electron chi connectivity index (χ2n) is 8.05. The number of ketones is 1. The van der Waals surface area contributed by atoms with E-state index >= 15 is 0 Å². The Bertz CT molecular complexity index is 1140. The average Bonchev–Trinajstić information content (AvgIpc) is 3.14. The minimum atomic E-state index is -0.435. The first-order valence-corrected chi connectivity index (χ1v) is 10.6. The van der Waals surface area contributed by atoms with E-state index in [1.807, 2.05) is 49.4 Å². The predicted molar refractivity (Wildman–Crippen MR) is 117 cm³/mol. The molecule has 3 aromatic rings. The maximum atomic E-state index is 13.0. The van der Waals surface area contributed by atoms with Crippen molar-refractivity contribution < 1.29 is 19.1 Å². The number of hydrogen-bond donors (Lipinski definition) is 1. The van der Waals surface area contributed by atoms with E-state index in [2.05, 4.69) is 9.88 Å². The predicted octanol–water partition coefficient (Wildman–Crippen LogP) is 2.77. The van der Waals surface area contributed by atoms with E-state index in [1.165, 1.54) is 0 Å². The van der Waals surface area contributed by atoms with Crippen LogP contribution in [0, 0.1) is 6.92 Å². The molecule has 1 N–H and O–H groups in total. The third-order valence-electron chi connectivity index (χ3n) is 5.99. The number of nitrogens with one attached hydrogen (secondary N) is 1. The number of para-hydroxylation sites is 1. The van der Waals surface area contributed by atoms with Crippen LogP contribution in [0.2, 0.25) is 0 Å². The number of piperazine rings is 1. The molecular formula is C24H25N3O4. The number of rotatable bonds is 4. The van der Waals surface area contributed by atoms with E-state index in [4.69, 9.17) is 9.47 Å². The number of hydrogen-bond acceptors (Lipinski definition) is 5. The molecule has 160 valence electrons. The first-order chi connectivity index (χ1) is 15.1. The maximum absolute atomic E-state index is 13.0. The Hall–Kier alpha value is -3.32. The second kappa shape index (κ2) is 8.07. The number of aromatic amines is 1. The summed E-state index contributed by atoms with van der Waals surface area (Å²) in [6, 6.07) is 13.6. The number of carbonyl (C=O) groups is 2. The Morgan fingerprint density at radius 3 is 2.52 bits per heavy atom. The monoisotopic (exact) mass is 419 g/mol. The number of ether oxygens (including phenoxy) is 2. The SMILES string of the molecule is Cc1[nH]c2ccccc2c1C(=O)C(=O)N1CCN(Cc2ccc3c(c2)OCCO3)CC1. The molecule has 7 heteroatoms. The highest BCUT2D eigenvalue weighted by Gasteiger charge is 2.29. The van der Waals surface area contributed by atoms with Gasteiger partial charge < -0.3 is 19.4 Å². The van der Waals surface area contributed by atoms with Gasteiger partial charge in [-0.05, 0) is 30.7 Å². The van der Waals surface area contributed by atoms with Crippen LogP contribution in [-0.4, -0.2) is 65.9 Å². The number of H-pyrrole nitrogens is 1. The molecule has 1 fully saturated rings. The van der Waals surface area contributed by atoms with Crippen molar-refractivity contribution in [1.29, 1.82) is 0 Å². The Morgan fingerprint density at radius 2 is 1.71 bits per heavy atom. The van der Waals surface area contributed by atoms with Crippen molar-refractivity contribution in [3.05, 3.63) is 59.3 Å². The lowest BCUT2D eigenvalue weighted by Gasteiger charge is -2.34. The van der Waals surface area contributed by atoms with Gasteiger partial charge in [-0.25, -0.2) is 0 Å². The van der Waals surface area contributed by atoms with Gasteiger partial charge in [0.15, 0.2) is 11.5 Å². The van der Waals surface area contributed by atoms with Crippen molar-refractivity contribution in [3.8, 4) is 11.5 Å². The summed E-state index contributed by atoms with van der Waals surface area (Å²) < 4.78 is 11.2. The molecule has 7 nitrogen and oxygen atoms in total. The van der Waals surface area contributed by atoms with Gasteiger partial charge in [0.05, 0.1) is 5.56 Å². The lowest BCUT2D eigenvalue weighted by atomic mass is 10.1. The molecule has 2 aromatic carbocycles. The number of carbonyl (C=O) groups excluding carboxylic acids is 2. The van der Waals surface area contributed by atoms with Crippen LogP contribution in [-0.2, 0) is 11.3 Å². The van der Waals surface area contributed by atoms with Crippen LogP contribution in [0.4, 0.5) is 0 Å². The van der Waals surface area contributed by atoms with Crippen molar-refractivity contribution in [2.24, 2.45) is 0 Å². The minimum absolute atomic E-state index is 0.424. The molecule has 0 aliphatic carbocycles. The van der Waals surface area contributed by atoms with Crippen LogP contribution in [0.5, 0.6) is 11.5 Å². The molecule has 1 amide bonds. The normalized spacial score (nSPS) is 16.5. The molecule has 0 bridgehead atoms. The highest BCUT2D eigenvalue weighted by atomic mass is 16.6. The van der Waals surface area contributed by atoms with Crippen LogP contribution in [0.25, 0.3) is 10.9 Å². The highest BCUT2D eigenvalue weighted by Crippen LogP contribution is 2.31. The number of aryl methyl sites for hydroxylation is 1. The van der Waals surface area contributed by atoms with E-state index < -0.39 is 11.7 Å². The standard InChI is InChI=1S/C24H25N3O4/c1-16-22(18-4-2-3-5-19(18)25-16)23(28)24(29)27-10-8-26(9-11-27)15-17-6-7-20-21(14-17)31-13-12-30-20/h2-7,14,25H,8-13,15H2,1H3. The Morgan fingerprint density at radius 1 is 0.968 bits per heavy atom. The first kappa shape index (κ1) is 19.6. The van der Waals surface area contributed by atoms with Crippen molar-refractivity contribution in [2.45, 2.75) is 13.5 Å². The van der Waals surface area contributed by atoms with Crippen LogP contribution >= 0.6 is 0 Å². The van der Waals surface area contributed by atoms with E-state index in [0.717, 1.165) is 53.3 Å². The van der Waals surface area contributed by atoms with Crippen molar-refractivity contribution in [3.63, 3.8) is 0 Å². The van der Waals surface area contributed by atoms with Gasteiger partial charge in [0.25, 0.3) is 11.7 Å². The van der Waals surface area contributed by atoms with Gasteiger partial charge in [-0.2, -0.15) is 0 Å². The molecule has 2 aliphatic rings. The molecule has 2 aliphatic heterocycles. The highest BCUT2D eigenvalue weighted by molar-refractivity contribution is 6.45. The van der Waals surface area contributed by atoms with Gasteiger partial charge in [0.1, 0.15) is 13.2 Å². The van der Waals surface area contributed by atoms with Crippen LogP contribution in [0.3, 0.4) is 0 Å². The quantitative estimate of drug-likeness (QED) is 0.520. The first-order valence-electron chi connectivity index (χ1n) is 10.6. The van der Waals surface area contributed by atoms with Crippen LogP contribution in [0.15, 0.2) is 42.5 Å². The van der Waals surface area contributed by atoms with Crippen molar-refractivity contribution in [1.82, 2.24) is 14.8 Å². The van der Waals surface area contributed by atoms with Gasteiger partial charge in [-0.3, -0.25) is 14.5 Å². The van der Waals surface area contributed by atoms with E-state index in [0.29, 0.717) is 31.9 Å². The molecule has 31 heavy (non-hydrogen) atoms. The van der Waals surface area contributed by atoms with E-state index in [-0.39, 0.29) is 0 Å². The Balaban J connectivity index is 1.22. The number of fused-ring (bicyclic) bond motifs is 2. The molecule has 0 radical (unpaired) electrons. The zero-order chi connectivity index (χ0) is 21.4. The smallest absolute Gasteiger partial charge is 0.295 e. The van der Waals surface area contributed by atoms with Gasteiger partial charge >= 0.3 is 0 Å². The Kier molecular flexibility index (Phi) is 5.11. The van der Waals surface area contributed by atoms with Crippen molar-refractivity contribution >= 4 is 22.6 Å². The number of nitrogens with zero attached hydrogens (tertiary/aromatic N) is 2. The topological polar surface area (TPSA) is 74.9 Å². The zero-order valence-electron chi connectivity index (χ0n) is 17.5. The molecule has 5 rings (SSSR count). The molecule has 0 unspecified atom stereocenters. The largest absolute Gasteiger partial charge is 0.486 e. The third-order valence-corrected chi connectivity index (χ3v) is 5.99. The summed E-state index contributed by atoms with van der Waals surface area (Å²) >= 11 is 0. The molecule has 0 saturated carbocycles. The number of Topliss-reactive ketones (excluding diaryl/α,β-unsaturated/α-hetero) is 1. The fourth-order valence-electron chi connectivity index (χ4n) is 4.37. The van der Waals surface area contributed by atoms with Gasteiger partial charge in [-0.15, -0.1) is 0 Å². The van der Waals surface area contributed by atoms with Gasteiger partial charge in [0.2, 0.25) is 0 Å².